The lowest BCUT2D eigenvalue weighted by atomic mass is 9.88. The fourth-order valence-electron chi connectivity index (χ4n) is 3.28. The number of rotatable bonds is 4. The van der Waals surface area contributed by atoms with Gasteiger partial charge < -0.3 is 10.6 Å². The predicted octanol–water partition coefficient (Wildman–Crippen LogP) is 2.70. The Balaban J connectivity index is 0.00000210. The maximum Gasteiger partial charge on any atom is 0.266 e. The Bertz CT molecular complexity index is 876. The largest absolute Gasteiger partial charge is 0.326 e. The summed E-state index contributed by atoms with van der Waals surface area (Å²) in [6.45, 7) is 3.61. The smallest absolute Gasteiger partial charge is 0.266 e. The Morgan fingerprint density at radius 3 is 2.26 bits per heavy atom. The molecule has 0 radical (unpaired) electrons. The van der Waals surface area contributed by atoms with Crippen LogP contribution in [-0.2, 0) is 4.79 Å². The van der Waals surface area contributed by atoms with Gasteiger partial charge in [0.2, 0.25) is 5.91 Å². The van der Waals surface area contributed by atoms with Crippen LogP contribution in [0.25, 0.3) is 0 Å². The predicted molar refractivity (Wildman–Crippen MR) is 105 cm³/mol. The van der Waals surface area contributed by atoms with Crippen molar-refractivity contribution in [3.8, 4) is 0 Å². The SMILES string of the molecule is CC(C(=O)Nc1cccc(N2C(=O)c3ccccc3C2=O)c1)C1CNC1.Cl. The normalized spacial score (nSPS) is 17.0. The number of hydrogen-bond acceptors (Lipinski definition) is 4. The quantitative estimate of drug-likeness (QED) is 0.793. The third-order valence-electron chi connectivity index (χ3n) is 5.10. The molecular formula is C20H20ClN3O3. The molecule has 0 aliphatic carbocycles. The van der Waals surface area contributed by atoms with E-state index in [1.165, 1.54) is 0 Å². The van der Waals surface area contributed by atoms with Crippen LogP contribution in [0.15, 0.2) is 48.5 Å². The maximum atomic E-state index is 12.6. The standard InChI is InChI=1S/C20H19N3O3.ClH/c1-12(13-10-21-11-13)18(24)22-14-5-4-6-15(9-14)23-19(25)16-7-2-3-8-17(16)20(23)26;/h2-9,12-13,21H,10-11H2,1H3,(H,22,24);1H. The number of carbonyl (C=O) groups excluding carboxylic acids is 3. The van der Waals surface area contributed by atoms with Crippen LogP contribution in [0.5, 0.6) is 0 Å². The second-order valence-electron chi connectivity index (χ2n) is 6.74. The van der Waals surface area contributed by atoms with Crippen LogP contribution in [-0.4, -0.2) is 30.8 Å². The molecule has 4 rings (SSSR count). The van der Waals surface area contributed by atoms with Gasteiger partial charge in [-0.15, -0.1) is 12.4 Å². The lowest BCUT2D eigenvalue weighted by Gasteiger charge is -2.31. The molecule has 2 aliphatic heterocycles. The zero-order valence-electron chi connectivity index (χ0n) is 14.8. The molecule has 2 N–H and O–H groups in total. The number of carbonyl (C=O) groups is 3. The van der Waals surface area contributed by atoms with Crippen molar-refractivity contribution in [1.29, 1.82) is 0 Å². The molecule has 0 spiro atoms. The molecule has 1 atom stereocenters. The molecule has 6 nitrogen and oxygen atoms in total. The number of imide groups is 1. The molecule has 2 heterocycles. The summed E-state index contributed by atoms with van der Waals surface area (Å²) in [5, 5.41) is 6.05. The third kappa shape index (κ3) is 3.34. The van der Waals surface area contributed by atoms with Crippen LogP contribution in [0.1, 0.15) is 27.6 Å². The maximum absolute atomic E-state index is 12.6. The summed E-state index contributed by atoms with van der Waals surface area (Å²) < 4.78 is 0. The van der Waals surface area contributed by atoms with Crippen molar-refractivity contribution < 1.29 is 14.4 Å². The molecule has 27 heavy (non-hydrogen) atoms. The number of fused-ring (bicyclic) bond motifs is 1. The van der Waals surface area contributed by atoms with Crippen LogP contribution in [0, 0.1) is 11.8 Å². The third-order valence-corrected chi connectivity index (χ3v) is 5.10. The minimum Gasteiger partial charge on any atom is -0.326 e. The van der Waals surface area contributed by atoms with Crippen LogP contribution >= 0.6 is 12.4 Å². The molecule has 2 aromatic carbocycles. The topological polar surface area (TPSA) is 78.5 Å². The van der Waals surface area contributed by atoms with Crippen molar-refractivity contribution in [2.45, 2.75) is 6.92 Å². The van der Waals surface area contributed by atoms with Gasteiger partial charge in [0, 0.05) is 11.6 Å². The summed E-state index contributed by atoms with van der Waals surface area (Å²) >= 11 is 0. The van der Waals surface area contributed by atoms with E-state index in [0.717, 1.165) is 18.0 Å². The van der Waals surface area contributed by atoms with E-state index in [9.17, 15) is 14.4 Å². The van der Waals surface area contributed by atoms with Gasteiger partial charge in [0.1, 0.15) is 0 Å². The number of anilines is 2. The van der Waals surface area contributed by atoms with Crippen LogP contribution in [0.4, 0.5) is 11.4 Å². The summed E-state index contributed by atoms with van der Waals surface area (Å²) in [6.07, 6.45) is 0. The zero-order chi connectivity index (χ0) is 18.3. The van der Waals surface area contributed by atoms with E-state index in [4.69, 9.17) is 0 Å². The molecule has 0 saturated carbocycles. The summed E-state index contributed by atoms with van der Waals surface area (Å²) in [5.74, 6) is -0.504. The number of halogens is 1. The monoisotopic (exact) mass is 385 g/mol. The number of hydrogen-bond donors (Lipinski definition) is 2. The van der Waals surface area contributed by atoms with Gasteiger partial charge in [0.05, 0.1) is 16.8 Å². The fourth-order valence-corrected chi connectivity index (χ4v) is 3.28. The van der Waals surface area contributed by atoms with Gasteiger partial charge in [-0.2, -0.15) is 0 Å². The first-order valence-corrected chi connectivity index (χ1v) is 8.65. The Morgan fingerprint density at radius 2 is 1.70 bits per heavy atom. The summed E-state index contributed by atoms with van der Waals surface area (Å²) in [4.78, 5) is 38.7. The van der Waals surface area contributed by atoms with Crippen molar-refractivity contribution in [3.63, 3.8) is 0 Å². The van der Waals surface area contributed by atoms with E-state index in [2.05, 4.69) is 10.6 Å². The molecule has 0 aromatic heterocycles. The molecular weight excluding hydrogens is 366 g/mol. The van der Waals surface area contributed by atoms with Crippen LogP contribution < -0.4 is 15.5 Å². The molecule has 2 aromatic rings. The molecule has 7 heteroatoms. The van der Waals surface area contributed by atoms with E-state index < -0.39 is 0 Å². The Kier molecular flexibility index (Phi) is 5.30. The minimum atomic E-state index is -0.344. The minimum absolute atomic E-state index is 0. The highest BCUT2D eigenvalue weighted by molar-refractivity contribution is 6.34. The highest BCUT2D eigenvalue weighted by Crippen LogP contribution is 2.30. The molecule has 140 valence electrons. The molecule has 1 saturated heterocycles. The zero-order valence-corrected chi connectivity index (χ0v) is 15.6. The first kappa shape index (κ1) is 19.1. The summed E-state index contributed by atoms with van der Waals surface area (Å²) in [5.41, 5.74) is 1.83. The van der Waals surface area contributed by atoms with E-state index in [1.807, 2.05) is 6.92 Å². The molecule has 1 fully saturated rings. The first-order valence-electron chi connectivity index (χ1n) is 8.65. The number of nitrogens with zero attached hydrogens (tertiary/aromatic N) is 1. The highest BCUT2D eigenvalue weighted by atomic mass is 35.5. The van der Waals surface area contributed by atoms with Crippen molar-refractivity contribution in [3.05, 3.63) is 59.7 Å². The molecule has 1 unspecified atom stereocenters. The first-order chi connectivity index (χ1) is 12.6. The average Bonchev–Trinajstić information content (AvgIpc) is 2.85. The van der Waals surface area contributed by atoms with Gasteiger partial charge in [-0.3, -0.25) is 14.4 Å². The molecule has 2 aliphatic rings. The number of nitrogens with one attached hydrogen (secondary N) is 2. The van der Waals surface area contributed by atoms with Crippen molar-refractivity contribution in [2.75, 3.05) is 23.3 Å². The second kappa shape index (κ2) is 7.50. The van der Waals surface area contributed by atoms with E-state index >= 15 is 0 Å². The highest BCUT2D eigenvalue weighted by Gasteiger charge is 2.36. The lowest BCUT2D eigenvalue weighted by Crippen LogP contribution is -2.48. The number of benzene rings is 2. The van der Waals surface area contributed by atoms with Gasteiger partial charge in [-0.1, -0.05) is 25.1 Å². The van der Waals surface area contributed by atoms with Crippen molar-refractivity contribution in [2.24, 2.45) is 11.8 Å². The summed E-state index contributed by atoms with van der Waals surface area (Å²) in [7, 11) is 0. The van der Waals surface area contributed by atoms with Crippen LogP contribution in [0.2, 0.25) is 0 Å². The Labute approximate surface area is 163 Å². The van der Waals surface area contributed by atoms with E-state index in [1.54, 1.807) is 48.5 Å². The summed E-state index contributed by atoms with van der Waals surface area (Å²) in [6, 6.07) is 13.6. The van der Waals surface area contributed by atoms with Crippen molar-refractivity contribution >= 4 is 41.5 Å². The Hall–Kier alpha value is -2.70. The van der Waals surface area contributed by atoms with Gasteiger partial charge in [-0.05, 0) is 49.3 Å². The average molecular weight is 386 g/mol. The van der Waals surface area contributed by atoms with Gasteiger partial charge in [0.25, 0.3) is 11.8 Å². The lowest BCUT2D eigenvalue weighted by molar-refractivity contribution is -0.121. The Morgan fingerprint density at radius 1 is 1.07 bits per heavy atom. The van der Waals surface area contributed by atoms with E-state index in [-0.39, 0.29) is 36.0 Å². The van der Waals surface area contributed by atoms with Gasteiger partial charge in [-0.25, -0.2) is 4.90 Å². The molecule has 0 bridgehead atoms. The van der Waals surface area contributed by atoms with Gasteiger partial charge >= 0.3 is 0 Å². The second-order valence-corrected chi connectivity index (χ2v) is 6.74. The van der Waals surface area contributed by atoms with Gasteiger partial charge in [0.15, 0.2) is 0 Å². The van der Waals surface area contributed by atoms with Crippen LogP contribution in [0.3, 0.4) is 0 Å². The molecule has 3 amide bonds. The number of amides is 3. The fraction of sp³-hybridized carbons (Fsp3) is 0.250. The van der Waals surface area contributed by atoms with Crippen molar-refractivity contribution in [1.82, 2.24) is 5.32 Å². The van der Waals surface area contributed by atoms with E-state index in [0.29, 0.717) is 28.4 Å².